The van der Waals surface area contributed by atoms with Gasteiger partial charge in [-0.2, -0.15) is 5.10 Å². The quantitative estimate of drug-likeness (QED) is 0.886. The molecule has 5 nitrogen and oxygen atoms in total. The maximum absolute atomic E-state index is 9.18. The first-order valence-electron chi connectivity index (χ1n) is 7.18. The topological polar surface area (TPSA) is 77.0 Å². The molecule has 3 N–H and O–H groups in total. The summed E-state index contributed by atoms with van der Waals surface area (Å²) in [5, 5.41) is 16.7. The summed E-state index contributed by atoms with van der Waals surface area (Å²) in [6.07, 6.45) is 0. The third kappa shape index (κ3) is 3.51. The maximum atomic E-state index is 9.18. The van der Waals surface area contributed by atoms with Crippen molar-refractivity contribution in [2.24, 2.45) is 5.73 Å². The number of nitrogens with zero attached hydrogens (tertiary/aromatic N) is 3. The van der Waals surface area contributed by atoms with E-state index in [1.165, 1.54) is 0 Å². The van der Waals surface area contributed by atoms with E-state index in [0.29, 0.717) is 13.1 Å². The number of aliphatic hydroxyl groups is 1. The predicted octanol–water partition coefficient (Wildman–Crippen LogP) is 2.03. The summed E-state index contributed by atoms with van der Waals surface area (Å²) in [6, 6.07) is 2.03. The molecule has 0 spiro atoms. The second-order valence-electron chi connectivity index (χ2n) is 6.27. The van der Waals surface area contributed by atoms with Gasteiger partial charge in [0, 0.05) is 23.0 Å². The minimum absolute atomic E-state index is 0.0267. The fourth-order valence-electron chi connectivity index (χ4n) is 2.26. The van der Waals surface area contributed by atoms with E-state index in [-0.39, 0.29) is 17.9 Å². The van der Waals surface area contributed by atoms with Crippen molar-refractivity contribution < 1.29 is 5.11 Å². The Kier molecular flexibility index (Phi) is 4.81. The summed E-state index contributed by atoms with van der Waals surface area (Å²) in [5.74, 6) is 0.0267. The summed E-state index contributed by atoms with van der Waals surface area (Å²) in [4.78, 5) is 4.77. The van der Waals surface area contributed by atoms with Crippen LogP contribution in [-0.4, -0.2) is 33.0 Å². The molecule has 2 aromatic rings. The lowest BCUT2D eigenvalue weighted by molar-refractivity contribution is 0.266. The molecular formula is C15H24N4OS. The Labute approximate surface area is 129 Å². The molecule has 0 radical (unpaired) electrons. The number of thiazole rings is 1. The molecule has 21 heavy (non-hydrogen) atoms. The molecule has 0 bridgehead atoms. The maximum Gasteiger partial charge on any atom is 0.103 e. The van der Waals surface area contributed by atoms with Gasteiger partial charge in [0.05, 0.1) is 30.5 Å². The van der Waals surface area contributed by atoms with Crippen molar-refractivity contribution in [1.29, 1.82) is 0 Å². The molecule has 116 valence electrons. The Bertz CT molecular complexity index is 597. The van der Waals surface area contributed by atoms with Crippen LogP contribution in [0.25, 0.3) is 0 Å². The Hall–Kier alpha value is -1.24. The van der Waals surface area contributed by atoms with Crippen molar-refractivity contribution in [1.82, 2.24) is 14.8 Å². The summed E-state index contributed by atoms with van der Waals surface area (Å²) >= 11 is 1.65. The third-order valence-corrected chi connectivity index (χ3v) is 4.38. The lowest BCUT2D eigenvalue weighted by Gasteiger charge is -2.16. The smallest absolute Gasteiger partial charge is 0.103 e. The highest BCUT2D eigenvalue weighted by Crippen LogP contribution is 2.31. The van der Waals surface area contributed by atoms with Gasteiger partial charge in [0.1, 0.15) is 5.01 Å². The zero-order valence-corrected chi connectivity index (χ0v) is 13.9. The van der Waals surface area contributed by atoms with Crippen molar-refractivity contribution in [3.63, 3.8) is 0 Å². The van der Waals surface area contributed by atoms with Gasteiger partial charge < -0.3 is 10.8 Å². The Morgan fingerprint density at radius 1 is 1.43 bits per heavy atom. The highest BCUT2D eigenvalue weighted by atomic mass is 32.1. The molecule has 0 aliphatic carbocycles. The van der Waals surface area contributed by atoms with Crippen LogP contribution in [0.3, 0.4) is 0 Å². The van der Waals surface area contributed by atoms with E-state index in [9.17, 15) is 5.11 Å². The van der Waals surface area contributed by atoms with Crippen LogP contribution in [0.2, 0.25) is 0 Å². The van der Waals surface area contributed by atoms with Crippen LogP contribution in [0.15, 0.2) is 11.4 Å². The molecule has 0 amide bonds. The minimum Gasteiger partial charge on any atom is -0.394 e. The van der Waals surface area contributed by atoms with E-state index < -0.39 is 0 Å². The number of hydrogen-bond donors (Lipinski definition) is 2. The van der Waals surface area contributed by atoms with Crippen LogP contribution < -0.4 is 5.73 Å². The Balaban J connectivity index is 2.38. The number of nitrogens with two attached hydrogens (primary N) is 1. The zero-order chi connectivity index (χ0) is 15.6. The van der Waals surface area contributed by atoms with Gasteiger partial charge >= 0.3 is 0 Å². The lowest BCUT2D eigenvalue weighted by atomic mass is 9.93. The number of aromatic nitrogens is 3. The van der Waals surface area contributed by atoms with E-state index in [2.05, 4.69) is 31.2 Å². The van der Waals surface area contributed by atoms with Crippen LogP contribution >= 0.6 is 11.3 Å². The summed E-state index contributed by atoms with van der Waals surface area (Å²) in [5.41, 5.74) is 9.08. The molecule has 1 atom stereocenters. The number of aryl methyl sites for hydroxylation is 1. The molecule has 0 aromatic carbocycles. The minimum atomic E-state index is 0.0267. The first-order chi connectivity index (χ1) is 9.86. The average molecular weight is 308 g/mol. The van der Waals surface area contributed by atoms with Gasteiger partial charge in [-0.05, 0) is 13.0 Å². The largest absolute Gasteiger partial charge is 0.394 e. The van der Waals surface area contributed by atoms with E-state index >= 15 is 0 Å². The second kappa shape index (κ2) is 6.25. The summed E-state index contributed by atoms with van der Waals surface area (Å²) in [7, 11) is 0. The summed E-state index contributed by atoms with van der Waals surface area (Å²) < 4.78 is 1.84. The van der Waals surface area contributed by atoms with Gasteiger partial charge in [0.25, 0.3) is 0 Å². The van der Waals surface area contributed by atoms with Crippen molar-refractivity contribution >= 4 is 11.3 Å². The highest BCUT2D eigenvalue weighted by Gasteiger charge is 2.24. The second-order valence-corrected chi connectivity index (χ2v) is 7.16. The van der Waals surface area contributed by atoms with E-state index in [1.54, 1.807) is 11.3 Å². The van der Waals surface area contributed by atoms with Crippen molar-refractivity contribution in [2.45, 2.75) is 45.6 Å². The molecule has 0 saturated carbocycles. The van der Waals surface area contributed by atoms with Gasteiger partial charge in [-0.25, -0.2) is 4.98 Å². The normalized spacial score (nSPS) is 13.6. The van der Waals surface area contributed by atoms with Crippen LogP contribution in [-0.2, 0) is 12.0 Å². The third-order valence-electron chi connectivity index (χ3n) is 3.43. The molecule has 2 heterocycles. The van der Waals surface area contributed by atoms with Crippen molar-refractivity contribution in [3.8, 4) is 0 Å². The standard InChI is InChI=1S/C15H24N4OS/c1-10-7-12(19(18-10)5-6-20)11(8-16)14-17-13(9-21-14)15(2,3)4/h7,9,11,20H,5-6,8,16H2,1-4H3. The van der Waals surface area contributed by atoms with Gasteiger partial charge in [-0.1, -0.05) is 20.8 Å². The number of aliphatic hydroxyl groups excluding tert-OH is 1. The number of rotatable bonds is 5. The molecule has 0 aliphatic rings. The van der Waals surface area contributed by atoms with E-state index in [0.717, 1.165) is 22.1 Å². The molecule has 0 fully saturated rings. The monoisotopic (exact) mass is 308 g/mol. The van der Waals surface area contributed by atoms with Gasteiger partial charge in [-0.15, -0.1) is 11.3 Å². The van der Waals surface area contributed by atoms with Crippen molar-refractivity contribution in [3.05, 3.63) is 33.5 Å². The van der Waals surface area contributed by atoms with Crippen LogP contribution in [0, 0.1) is 6.92 Å². The molecule has 0 saturated heterocycles. The van der Waals surface area contributed by atoms with Gasteiger partial charge in [-0.3, -0.25) is 4.68 Å². The molecular weight excluding hydrogens is 284 g/mol. The SMILES string of the molecule is Cc1cc(C(CN)c2nc(C(C)(C)C)cs2)n(CCO)n1. The molecule has 2 rings (SSSR count). The number of hydrogen-bond acceptors (Lipinski definition) is 5. The first-order valence-corrected chi connectivity index (χ1v) is 8.06. The van der Waals surface area contributed by atoms with Crippen LogP contribution in [0.4, 0.5) is 0 Å². The van der Waals surface area contributed by atoms with Crippen molar-refractivity contribution in [2.75, 3.05) is 13.2 Å². The molecule has 2 aromatic heterocycles. The molecule has 1 unspecified atom stereocenters. The van der Waals surface area contributed by atoms with Gasteiger partial charge in [0.15, 0.2) is 0 Å². The average Bonchev–Trinajstić information content (AvgIpc) is 2.99. The van der Waals surface area contributed by atoms with E-state index in [4.69, 9.17) is 10.7 Å². The van der Waals surface area contributed by atoms with Crippen LogP contribution in [0.1, 0.15) is 48.8 Å². The van der Waals surface area contributed by atoms with E-state index in [1.807, 2.05) is 17.7 Å². The fraction of sp³-hybridized carbons (Fsp3) is 0.600. The predicted molar refractivity (Wildman–Crippen MR) is 85.8 cm³/mol. The zero-order valence-electron chi connectivity index (χ0n) is 13.1. The first kappa shape index (κ1) is 16.1. The highest BCUT2D eigenvalue weighted by molar-refractivity contribution is 7.09. The van der Waals surface area contributed by atoms with Crippen LogP contribution in [0.5, 0.6) is 0 Å². The van der Waals surface area contributed by atoms with Gasteiger partial charge in [0.2, 0.25) is 0 Å². The molecule has 6 heteroatoms. The Morgan fingerprint density at radius 2 is 2.14 bits per heavy atom. The molecule has 0 aliphatic heterocycles. The Morgan fingerprint density at radius 3 is 2.67 bits per heavy atom. The fourth-order valence-corrected chi connectivity index (χ4v) is 3.43. The summed E-state index contributed by atoms with van der Waals surface area (Å²) in [6.45, 7) is 9.45. The lowest BCUT2D eigenvalue weighted by Crippen LogP contribution is -2.20.